The molecule has 0 atom stereocenters. The van der Waals surface area contributed by atoms with Crippen LogP contribution >= 0.6 is 23.2 Å². The first kappa shape index (κ1) is 22.7. The number of carbonyl (C=O) groups is 1. The zero-order chi connectivity index (χ0) is 21.1. The molecule has 2 aromatic rings. The van der Waals surface area contributed by atoms with Crippen molar-refractivity contribution in [1.29, 1.82) is 0 Å². The highest BCUT2D eigenvalue weighted by molar-refractivity contribution is 7.89. The van der Waals surface area contributed by atoms with Gasteiger partial charge in [-0.25, -0.2) is 8.42 Å². The second kappa shape index (κ2) is 9.27. The number of amides is 1. The normalized spacial score (nSPS) is 11.7. The summed E-state index contributed by atoms with van der Waals surface area (Å²) in [4.78, 5) is 12.7. The van der Waals surface area contributed by atoms with Crippen LogP contribution in [0.3, 0.4) is 0 Å². The lowest BCUT2D eigenvalue weighted by atomic mass is 10.1. The first-order valence-electron chi connectivity index (χ1n) is 8.95. The van der Waals surface area contributed by atoms with Gasteiger partial charge >= 0.3 is 0 Å². The molecule has 0 aliphatic rings. The molecule has 0 saturated heterocycles. The van der Waals surface area contributed by atoms with Crippen LogP contribution in [0.4, 0.5) is 5.69 Å². The number of hydrogen-bond donors (Lipinski definition) is 1. The summed E-state index contributed by atoms with van der Waals surface area (Å²) in [7, 11) is -3.62. The van der Waals surface area contributed by atoms with Crippen LogP contribution in [0.1, 0.15) is 30.5 Å². The van der Waals surface area contributed by atoms with Gasteiger partial charge < -0.3 is 5.32 Å². The molecule has 0 saturated carbocycles. The van der Waals surface area contributed by atoms with Gasteiger partial charge in [0.05, 0.1) is 21.4 Å². The number of carbonyl (C=O) groups excluding carboxylic acids is 1. The molecule has 0 aromatic heterocycles. The molecule has 0 aliphatic heterocycles. The standard InChI is InChI=1S/C20H24Cl2N2O3S/c1-5-24(6-2)28(26,27)16-9-13(3)14(4)19(12-16)23-20(25)11-15-7-8-17(21)18(22)10-15/h7-10,12H,5-6,11H2,1-4H3,(H,23,25). The van der Waals surface area contributed by atoms with Crippen LogP contribution in [0.5, 0.6) is 0 Å². The summed E-state index contributed by atoms with van der Waals surface area (Å²) in [5.74, 6) is -0.265. The number of aryl methyl sites for hydroxylation is 1. The highest BCUT2D eigenvalue weighted by Crippen LogP contribution is 2.27. The van der Waals surface area contributed by atoms with E-state index in [4.69, 9.17) is 23.2 Å². The fourth-order valence-corrected chi connectivity index (χ4v) is 4.74. The monoisotopic (exact) mass is 442 g/mol. The Kier molecular flexibility index (Phi) is 7.51. The van der Waals surface area contributed by atoms with Crippen LogP contribution in [0, 0.1) is 13.8 Å². The lowest BCUT2D eigenvalue weighted by Gasteiger charge is -2.20. The van der Waals surface area contributed by atoms with Crippen molar-refractivity contribution >= 4 is 44.8 Å². The van der Waals surface area contributed by atoms with Gasteiger partial charge in [0, 0.05) is 18.8 Å². The van der Waals surface area contributed by atoms with Gasteiger partial charge in [0.15, 0.2) is 0 Å². The molecule has 5 nitrogen and oxygen atoms in total. The van der Waals surface area contributed by atoms with Crippen molar-refractivity contribution in [2.75, 3.05) is 18.4 Å². The van der Waals surface area contributed by atoms with Gasteiger partial charge in [-0.1, -0.05) is 43.1 Å². The van der Waals surface area contributed by atoms with E-state index in [1.54, 1.807) is 38.1 Å². The molecule has 0 heterocycles. The Morgan fingerprint density at radius 2 is 1.68 bits per heavy atom. The molecule has 152 valence electrons. The second-order valence-corrected chi connectivity index (χ2v) is 9.23. The summed E-state index contributed by atoms with van der Waals surface area (Å²) in [6, 6.07) is 8.16. The maximum atomic E-state index is 12.8. The van der Waals surface area contributed by atoms with E-state index in [1.807, 2.05) is 13.8 Å². The molecule has 1 amide bonds. The molecule has 8 heteroatoms. The fraction of sp³-hybridized carbons (Fsp3) is 0.350. The molecule has 28 heavy (non-hydrogen) atoms. The number of nitrogens with one attached hydrogen (secondary N) is 1. The Balaban J connectivity index is 2.31. The average molecular weight is 443 g/mol. The van der Waals surface area contributed by atoms with E-state index in [2.05, 4.69) is 5.32 Å². The first-order chi connectivity index (χ1) is 13.1. The molecule has 0 bridgehead atoms. The van der Waals surface area contributed by atoms with Crippen LogP contribution in [0.25, 0.3) is 0 Å². The molecule has 2 rings (SSSR count). The molecule has 1 N–H and O–H groups in total. The van der Waals surface area contributed by atoms with Gasteiger partial charge in [0.1, 0.15) is 0 Å². The predicted molar refractivity (Wildman–Crippen MR) is 115 cm³/mol. The summed E-state index contributed by atoms with van der Waals surface area (Å²) < 4.78 is 27.1. The van der Waals surface area contributed by atoms with E-state index in [0.29, 0.717) is 34.4 Å². The van der Waals surface area contributed by atoms with Gasteiger partial charge in [0.25, 0.3) is 0 Å². The van der Waals surface area contributed by atoms with E-state index in [9.17, 15) is 13.2 Å². The third kappa shape index (κ3) is 5.06. The largest absolute Gasteiger partial charge is 0.326 e. The number of hydrogen-bond acceptors (Lipinski definition) is 3. The van der Waals surface area contributed by atoms with Crippen LogP contribution < -0.4 is 5.32 Å². The summed E-state index contributed by atoms with van der Waals surface area (Å²) in [6.45, 7) is 8.02. The van der Waals surface area contributed by atoms with E-state index >= 15 is 0 Å². The number of anilines is 1. The average Bonchev–Trinajstić information content (AvgIpc) is 2.62. The number of halogens is 2. The fourth-order valence-electron chi connectivity index (χ4n) is 2.85. The Morgan fingerprint density at radius 1 is 1.04 bits per heavy atom. The Morgan fingerprint density at radius 3 is 2.25 bits per heavy atom. The van der Waals surface area contributed by atoms with Crippen molar-refractivity contribution in [2.24, 2.45) is 0 Å². The minimum Gasteiger partial charge on any atom is -0.326 e. The highest BCUT2D eigenvalue weighted by Gasteiger charge is 2.23. The first-order valence-corrected chi connectivity index (χ1v) is 11.1. The van der Waals surface area contributed by atoms with Gasteiger partial charge in [-0.05, 0) is 54.8 Å². The van der Waals surface area contributed by atoms with Crippen molar-refractivity contribution in [2.45, 2.75) is 39.0 Å². The lowest BCUT2D eigenvalue weighted by molar-refractivity contribution is -0.115. The second-order valence-electron chi connectivity index (χ2n) is 6.48. The summed E-state index contributed by atoms with van der Waals surface area (Å²) in [6.07, 6.45) is 0.0996. The third-order valence-corrected chi connectivity index (χ3v) is 7.37. The van der Waals surface area contributed by atoms with E-state index in [0.717, 1.165) is 11.1 Å². The van der Waals surface area contributed by atoms with Crippen LogP contribution in [-0.4, -0.2) is 31.7 Å². The van der Waals surface area contributed by atoms with Crippen LogP contribution in [0.2, 0.25) is 10.0 Å². The van der Waals surface area contributed by atoms with E-state index in [-0.39, 0.29) is 17.2 Å². The molecule has 0 fully saturated rings. The topological polar surface area (TPSA) is 66.5 Å². The molecule has 0 spiro atoms. The zero-order valence-electron chi connectivity index (χ0n) is 16.3. The van der Waals surface area contributed by atoms with Crippen LogP contribution in [-0.2, 0) is 21.2 Å². The number of nitrogens with zero attached hydrogens (tertiary/aromatic N) is 1. The molecule has 0 unspecified atom stereocenters. The van der Waals surface area contributed by atoms with Crippen LogP contribution in [0.15, 0.2) is 35.2 Å². The smallest absolute Gasteiger partial charge is 0.243 e. The minimum atomic E-state index is -3.62. The van der Waals surface area contributed by atoms with Crippen molar-refractivity contribution in [3.63, 3.8) is 0 Å². The van der Waals surface area contributed by atoms with E-state index in [1.165, 1.54) is 10.4 Å². The minimum absolute atomic E-state index is 0.0996. The Hall–Kier alpha value is -1.60. The van der Waals surface area contributed by atoms with Gasteiger partial charge in [-0.2, -0.15) is 4.31 Å². The molecular weight excluding hydrogens is 419 g/mol. The number of benzene rings is 2. The molecule has 2 aromatic carbocycles. The molecule has 0 aliphatic carbocycles. The van der Waals surface area contributed by atoms with Gasteiger partial charge in [-0.15, -0.1) is 0 Å². The van der Waals surface area contributed by atoms with Crippen molar-refractivity contribution < 1.29 is 13.2 Å². The molecular formula is C20H24Cl2N2O3S. The Labute approximate surface area is 176 Å². The van der Waals surface area contributed by atoms with Gasteiger partial charge in [0.2, 0.25) is 15.9 Å². The zero-order valence-corrected chi connectivity index (χ0v) is 18.7. The lowest BCUT2D eigenvalue weighted by Crippen LogP contribution is -2.30. The van der Waals surface area contributed by atoms with Crippen molar-refractivity contribution in [1.82, 2.24) is 4.31 Å². The number of sulfonamides is 1. The van der Waals surface area contributed by atoms with E-state index < -0.39 is 10.0 Å². The third-order valence-electron chi connectivity index (χ3n) is 4.61. The highest BCUT2D eigenvalue weighted by atomic mass is 35.5. The quantitative estimate of drug-likeness (QED) is 0.667. The van der Waals surface area contributed by atoms with Crippen molar-refractivity contribution in [3.8, 4) is 0 Å². The van der Waals surface area contributed by atoms with Crippen molar-refractivity contribution in [3.05, 3.63) is 57.1 Å². The summed E-state index contributed by atoms with van der Waals surface area (Å²) >= 11 is 11.9. The number of rotatable bonds is 7. The molecule has 0 radical (unpaired) electrons. The summed E-state index contributed by atoms with van der Waals surface area (Å²) in [5.41, 5.74) is 2.81. The maximum Gasteiger partial charge on any atom is 0.243 e. The van der Waals surface area contributed by atoms with Gasteiger partial charge in [-0.3, -0.25) is 4.79 Å². The Bertz CT molecular complexity index is 987. The predicted octanol–water partition coefficient (Wildman–Crippen LogP) is 4.82. The maximum absolute atomic E-state index is 12.8. The SMILES string of the molecule is CCN(CC)S(=O)(=O)c1cc(C)c(C)c(NC(=O)Cc2ccc(Cl)c(Cl)c2)c1. The summed E-state index contributed by atoms with van der Waals surface area (Å²) in [5, 5.41) is 3.63.